The molecule has 1 aromatic heterocycles. The molecule has 0 aliphatic carbocycles. The van der Waals surface area contributed by atoms with Gasteiger partial charge in [0, 0.05) is 17.8 Å². The minimum atomic E-state index is -0.946. The molecule has 0 unspecified atom stereocenters. The van der Waals surface area contributed by atoms with E-state index in [2.05, 4.69) is 15.3 Å². The first-order chi connectivity index (χ1) is 12.3. The van der Waals surface area contributed by atoms with Gasteiger partial charge in [0.05, 0.1) is 22.9 Å². The van der Waals surface area contributed by atoms with Crippen LogP contribution in [0.25, 0.3) is 5.70 Å². The van der Waals surface area contributed by atoms with Crippen LogP contribution in [0.2, 0.25) is 0 Å². The Balaban J connectivity index is 2.34. The van der Waals surface area contributed by atoms with Crippen LogP contribution in [-0.2, 0) is 11.3 Å². The van der Waals surface area contributed by atoms with Gasteiger partial charge in [-0.3, -0.25) is 14.9 Å². The van der Waals surface area contributed by atoms with Crippen LogP contribution in [0.4, 0.5) is 5.69 Å². The quantitative estimate of drug-likeness (QED) is 0.192. The van der Waals surface area contributed by atoms with Gasteiger partial charge in [0.15, 0.2) is 5.75 Å². The Bertz CT molecular complexity index is 936. The van der Waals surface area contributed by atoms with Gasteiger partial charge in [0.2, 0.25) is 5.75 Å². The molecule has 132 valence electrons. The third-order valence-corrected chi connectivity index (χ3v) is 3.26. The smallest absolute Gasteiger partial charge is 0.315 e. The van der Waals surface area contributed by atoms with Crippen molar-refractivity contribution in [1.29, 1.82) is 5.26 Å². The number of carbonyl (C=O) groups excluding carboxylic acids is 1. The Hall–Kier alpha value is -4.20. The van der Waals surface area contributed by atoms with E-state index in [9.17, 15) is 30.4 Å². The summed E-state index contributed by atoms with van der Waals surface area (Å²) in [4.78, 5) is 29.8. The number of carbonyl (C=O) groups is 1. The van der Waals surface area contributed by atoms with Gasteiger partial charge in [-0.2, -0.15) is 5.26 Å². The first kappa shape index (κ1) is 18.1. The number of amides is 1. The molecular formula is C15H12N6O5. The van der Waals surface area contributed by atoms with Crippen LogP contribution in [-0.4, -0.2) is 31.0 Å². The zero-order chi connectivity index (χ0) is 19.3. The Morgan fingerprint density at radius 3 is 2.73 bits per heavy atom. The summed E-state index contributed by atoms with van der Waals surface area (Å²) in [6.45, 7) is 0.000783. The third kappa shape index (κ3) is 3.82. The van der Waals surface area contributed by atoms with Crippen LogP contribution in [0, 0.1) is 21.4 Å². The second-order valence-electron chi connectivity index (χ2n) is 4.90. The molecule has 0 atom stereocenters. The lowest BCUT2D eigenvalue weighted by Crippen LogP contribution is -2.26. The molecule has 0 aliphatic rings. The molecular weight excluding hydrogens is 344 g/mol. The number of aromatic nitrogens is 2. The number of nitrogens with zero attached hydrogens (tertiary/aromatic N) is 4. The summed E-state index contributed by atoms with van der Waals surface area (Å²) in [6.07, 6.45) is 2.76. The molecule has 11 nitrogen and oxygen atoms in total. The van der Waals surface area contributed by atoms with E-state index in [1.165, 1.54) is 12.5 Å². The number of phenolic OH excluding ortho intramolecular Hbond substituents is 2. The molecule has 2 rings (SSSR count). The molecule has 5 N–H and O–H groups in total. The van der Waals surface area contributed by atoms with Crippen LogP contribution >= 0.6 is 0 Å². The largest absolute Gasteiger partial charge is 0.504 e. The van der Waals surface area contributed by atoms with E-state index >= 15 is 0 Å². The Kier molecular flexibility index (Phi) is 5.29. The molecule has 1 heterocycles. The summed E-state index contributed by atoms with van der Waals surface area (Å²) in [5.41, 5.74) is 4.35. The number of nitro benzene ring substituents is 1. The molecule has 11 heteroatoms. The second kappa shape index (κ2) is 7.58. The molecule has 0 bridgehead atoms. The number of rotatable bonds is 5. The van der Waals surface area contributed by atoms with E-state index in [1.54, 1.807) is 12.1 Å². The number of aromatic hydroxyl groups is 2. The number of hydrogen-bond donors (Lipinski definition) is 4. The molecule has 1 aromatic carbocycles. The van der Waals surface area contributed by atoms with Gasteiger partial charge in [0.1, 0.15) is 18.0 Å². The number of nitriles is 1. The number of benzene rings is 1. The lowest BCUT2D eigenvalue weighted by atomic mass is 10.1. The van der Waals surface area contributed by atoms with Gasteiger partial charge in [-0.1, -0.05) is 0 Å². The summed E-state index contributed by atoms with van der Waals surface area (Å²) in [7, 11) is 0. The molecule has 0 spiro atoms. The summed E-state index contributed by atoms with van der Waals surface area (Å²) in [5, 5.41) is 41.6. The highest BCUT2D eigenvalue weighted by Gasteiger charge is 2.22. The summed E-state index contributed by atoms with van der Waals surface area (Å²) in [6, 6.07) is 4.93. The Morgan fingerprint density at radius 2 is 2.15 bits per heavy atom. The fraction of sp³-hybridized carbons (Fsp3) is 0.0667. The fourth-order valence-corrected chi connectivity index (χ4v) is 1.96. The van der Waals surface area contributed by atoms with E-state index in [4.69, 9.17) is 5.73 Å². The number of nitro groups is 1. The minimum absolute atomic E-state index is 0.000783. The van der Waals surface area contributed by atoms with Gasteiger partial charge < -0.3 is 21.3 Å². The van der Waals surface area contributed by atoms with Crippen molar-refractivity contribution in [2.24, 2.45) is 5.73 Å². The maximum absolute atomic E-state index is 12.2. The molecule has 0 saturated heterocycles. The van der Waals surface area contributed by atoms with Gasteiger partial charge in [-0.15, -0.1) is 0 Å². The van der Waals surface area contributed by atoms with E-state index in [0.717, 1.165) is 12.1 Å². The van der Waals surface area contributed by atoms with Gasteiger partial charge in [-0.05, 0) is 12.1 Å². The van der Waals surface area contributed by atoms with Crippen LogP contribution in [0.15, 0.2) is 36.3 Å². The number of nitrogens with two attached hydrogens (primary N) is 1. The topological polar surface area (TPSA) is 188 Å². The van der Waals surface area contributed by atoms with Crippen molar-refractivity contribution in [2.75, 3.05) is 0 Å². The molecule has 2 aromatic rings. The predicted octanol–water partition coefficient (Wildman–Crippen LogP) is 0.306. The van der Waals surface area contributed by atoms with Crippen LogP contribution in [0.1, 0.15) is 11.3 Å². The van der Waals surface area contributed by atoms with Crippen molar-refractivity contribution < 1.29 is 19.9 Å². The molecule has 0 radical (unpaired) electrons. The van der Waals surface area contributed by atoms with Crippen LogP contribution < -0.4 is 11.1 Å². The van der Waals surface area contributed by atoms with Gasteiger partial charge in [-0.25, -0.2) is 9.97 Å². The average Bonchev–Trinajstić information content (AvgIpc) is 2.63. The predicted molar refractivity (Wildman–Crippen MR) is 87.0 cm³/mol. The summed E-state index contributed by atoms with van der Waals surface area (Å²) in [5.74, 6) is -2.59. The first-order valence-corrected chi connectivity index (χ1v) is 6.98. The standard InChI is InChI=1S/C15H12N6O5/c16-5-10(15(24)19-6-9-1-2-18-7-20-9)13(17)8-3-11(21(25)26)14(23)12(22)4-8/h1-4,7,22-23H,6,17H2,(H,19,24)/b13-10-. The van der Waals surface area contributed by atoms with Crippen molar-refractivity contribution in [2.45, 2.75) is 6.54 Å². The molecule has 1 amide bonds. The van der Waals surface area contributed by atoms with E-state index in [-0.39, 0.29) is 12.1 Å². The molecule has 0 fully saturated rings. The van der Waals surface area contributed by atoms with E-state index < -0.39 is 39.3 Å². The molecule has 26 heavy (non-hydrogen) atoms. The molecule has 0 aliphatic heterocycles. The van der Waals surface area contributed by atoms with E-state index in [0.29, 0.717) is 5.69 Å². The zero-order valence-corrected chi connectivity index (χ0v) is 13.1. The highest BCUT2D eigenvalue weighted by atomic mass is 16.6. The third-order valence-electron chi connectivity index (χ3n) is 3.26. The molecule has 0 saturated carbocycles. The Labute approximate surface area is 146 Å². The van der Waals surface area contributed by atoms with Gasteiger partial charge >= 0.3 is 5.69 Å². The van der Waals surface area contributed by atoms with E-state index in [1.807, 2.05) is 0 Å². The van der Waals surface area contributed by atoms with Crippen molar-refractivity contribution in [3.8, 4) is 17.6 Å². The monoisotopic (exact) mass is 356 g/mol. The zero-order valence-electron chi connectivity index (χ0n) is 13.1. The highest BCUT2D eigenvalue weighted by Crippen LogP contribution is 2.37. The van der Waals surface area contributed by atoms with Gasteiger partial charge in [0.25, 0.3) is 5.91 Å². The lowest BCUT2D eigenvalue weighted by molar-refractivity contribution is -0.386. The Morgan fingerprint density at radius 1 is 1.42 bits per heavy atom. The number of hydrogen-bond acceptors (Lipinski definition) is 9. The van der Waals surface area contributed by atoms with Crippen LogP contribution in [0.3, 0.4) is 0 Å². The fourth-order valence-electron chi connectivity index (χ4n) is 1.96. The lowest BCUT2D eigenvalue weighted by Gasteiger charge is -2.08. The summed E-state index contributed by atoms with van der Waals surface area (Å²) >= 11 is 0. The normalized spacial score (nSPS) is 11.2. The summed E-state index contributed by atoms with van der Waals surface area (Å²) < 4.78 is 0. The van der Waals surface area contributed by atoms with Crippen molar-refractivity contribution in [1.82, 2.24) is 15.3 Å². The number of nitrogens with one attached hydrogen (secondary N) is 1. The highest BCUT2D eigenvalue weighted by molar-refractivity contribution is 6.04. The number of phenols is 2. The maximum Gasteiger partial charge on any atom is 0.315 e. The van der Waals surface area contributed by atoms with Crippen molar-refractivity contribution >= 4 is 17.3 Å². The van der Waals surface area contributed by atoms with Crippen LogP contribution in [0.5, 0.6) is 11.5 Å². The maximum atomic E-state index is 12.2. The van der Waals surface area contributed by atoms with Crippen molar-refractivity contribution in [3.63, 3.8) is 0 Å². The van der Waals surface area contributed by atoms with Crippen molar-refractivity contribution in [3.05, 3.63) is 57.7 Å². The first-order valence-electron chi connectivity index (χ1n) is 6.98. The average molecular weight is 356 g/mol. The SMILES string of the molecule is N#C/C(C(=O)NCc1ccncn1)=C(/N)c1cc(O)c(O)c([N+](=O)[O-])c1. The minimum Gasteiger partial charge on any atom is -0.504 e. The second-order valence-corrected chi connectivity index (χ2v) is 4.90.